The number of nitrogens with zero attached hydrogens (tertiary/aromatic N) is 2. The highest BCUT2D eigenvalue weighted by Gasteiger charge is 2.44. The number of alkyl halides is 4. The molecule has 0 bridgehead atoms. The van der Waals surface area contributed by atoms with Crippen LogP contribution in [-0.4, -0.2) is 34.5 Å². The Hall–Kier alpha value is -2.71. The minimum absolute atomic E-state index is 0.270. The first-order chi connectivity index (χ1) is 11.8. The maximum absolute atomic E-state index is 13.1. The predicted molar refractivity (Wildman–Crippen MR) is 80.7 cm³/mol. The Kier molecular flexibility index (Phi) is 5.89. The van der Waals surface area contributed by atoms with E-state index < -0.39 is 30.2 Å². The highest BCUT2D eigenvalue weighted by molar-refractivity contribution is 5.97. The predicted octanol–water partition coefficient (Wildman–Crippen LogP) is 3.07. The van der Waals surface area contributed by atoms with Crippen molar-refractivity contribution in [3.05, 3.63) is 54.1 Å². The van der Waals surface area contributed by atoms with E-state index in [4.69, 9.17) is 0 Å². The number of benzene rings is 1. The van der Waals surface area contributed by atoms with Gasteiger partial charge in [-0.1, -0.05) is 12.1 Å². The minimum Gasteiger partial charge on any atom is -0.427 e. The Labute approximate surface area is 141 Å². The Morgan fingerprint density at radius 1 is 1.28 bits per heavy atom. The van der Waals surface area contributed by atoms with E-state index in [-0.39, 0.29) is 5.56 Å². The van der Waals surface area contributed by atoms with Gasteiger partial charge in [0.1, 0.15) is 5.75 Å². The van der Waals surface area contributed by atoms with Crippen molar-refractivity contribution in [1.29, 1.82) is 0 Å². The van der Waals surface area contributed by atoms with Crippen LogP contribution in [0.1, 0.15) is 23.0 Å². The molecule has 1 N–H and O–H groups in total. The molecular weight excluding hydrogens is 342 g/mol. The van der Waals surface area contributed by atoms with Crippen LogP contribution in [0.3, 0.4) is 0 Å². The van der Waals surface area contributed by atoms with Crippen molar-refractivity contribution in [3.63, 3.8) is 0 Å². The number of carbonyl (C=O) groups is 1. The first-order valence-electron chi connectivity index (χ1n) is 7.29. The van der Waals surface area contributed by atoms with Gasteiger partial charge in [0.25, 0.3) is 5.91 Å². The maximum atomic E-state index is 13.1. The van der Waals surface area contributed by atoms with Crippen molar-refractivity contribution >= 4 is 5.91 Å². The second kappa shape index (κ2) is 7.91. The van der Waals surface area contributed by atoms with Crippen molar-refractivity contribution in [2.45, 2.75) is 31.9 Å². The van der Waals surface area contributed by atoms with Gasteiger partial charge in [0.2, 0.25) is 0 Å². The molecule has 0 radical (unpaired) electrons. The average molecular weight is 357 g/mol. The molecule has 2 rings (SSSR count). The van der Waals surface area contributed by atoms with Crippen LogP contribution >= 0.6 is 0 Å². The second-order valence-corrected chi connectivity index (χ2v) is 5.24. The van der Waals surface area contributed by atoms with Gasteiger partial charge in [-0.25, -0.2) is 0 Å². The third kappa shape index (κ3) is 5.13. The van der Waals surface area contributed by atoms with Crippen molar-refractivity contribution in [2.75, 3.05) is 0 Å². The van der Waals surface area contributed by atoms with Crippen LogP contribution < -0.4 is 10.1 Å². The number of rotatable bonds is 7. The Morgan fingerprint density at radius 2 is 2.00 bits per heavy atom. The van der Waals surface area contributed by atoms with Crippen LogP contribution in [0.5, 0.6) is 5.75 Å². The maximum Gasteiger partial charge on any atom is 0.461 e. The van der Waals surface area contributed by atoms with Gasteiger partial charge in [-0.2, -0.15) is 17.6 Å². The largest absolute Gasteiger partial charge is 0.461 e. The zero-order chi connectivity index (χ0) is 18.4. The lowest BCUT2D eigenvalue weighted by Gasteiger charge is -2.19. The fourth-order valence-corrected chi connectivity index (χ4v) is 2.04. The Bertz CT molecular complexity index is 714. The standard InChI is InChI=1S/C16H15F4N3O2/c1-10(8-11-9-21-6-7-22-11)23-14(24)12-4-2-3-5-13(12)25-16(19,20)15(17)18/h2-7,9-10,15H,8H2,1H3,(H,23,24). The lowest BCUT2D eigenvalue weighted by molar-refractivity contribution is -0.253. The highest BCUT2D eigenvalue weighted by atomic mass is 19.3. The number of hydrogen-bond acceptors (Lipinski definition) is 4. The quantitative estimate of drug-likeness (QED) is 0.774. The molecule has 1 heterocycles. The molecule has 0 aliphatic heterocycles. The van der Waals surface area contributed by atoms with E-state index in [2.05, 4.69) is 20.0 Å². The molecule has 1 aromatic carbocycles. The summed E-state index contributed by atoms with van der Waals surface area (Å²) < 4.78 is 54.9. The van der Waals surface area contributed by atoms with Crippen LogP contribution in [-0.2, 0) is 6.42 Å². The SMILES string of the molecule is CC(Cc1cnccn1)NC(=O)c1ccccc1OC(F)(F)C(F)F. The fraction of sp³-hybridized carbons (Fsp3) is 0.312. The molecule has 0 saturated heterocycles. The zero-order valence-electron chi connectivity index (χ0n) is 13.1. The first-order valence-corrected chi connectivity index (χ1v) is 7.29. The molecule has 1 atom stereocenters. The summed E-state index contributed by atoms with van der Waals surface area (Å²) in [6.45, 7) is 1.68. The van der Waals surface area contributed by atoms with E-state index in [0.717, 1.165) is 6.07 Å². The summed E-state index contributed by atoms with van der Waals surface area (Å²) in [6, 6.07) is 4.55. The number of para-hydroxylation sites is 1. The molecule has 0 aliphatic rings. The van der Waals surface area contributed by atoms with Crippen molar-refractivity contribution in [3.8, 4) is 5.75 Å². The molecule has 1 aromatic heterocycles. The van der Waals surface area contributed by atoms with Crippen LogP contribution in [0, 0.1) is 0 Å². The average Bonchev–Trinajstić information content (AvgIpc) is 2.55. The summed E-state index contributed by atoms with van der Waals surface area (Å²) >= 11 is 0. The van der Waals surface area contributed by atoms with Crippen LogP contribution in [0.15, 0.2) is 42.9 Å². The van der Waals surface area contributed by atoms with Gasteiger partial charge in [-0.3, -0.25) is 14.8 Å². The molecule has 5 nitrogen and oxygen atoms in total. The van der Waals surface area contributed by atoms with E-state index in [1.807, 2.05) is 0 Å². The summed E-state index contributed by atoms with van der Waals surface area (Å²) in [7, 11) is 0. The number of aromatic nitrogens is 2. The summed E-state index contributed by atoms with van der Waals surface area (Å²) in [6.07, 6.45) is -3.82. The molecule has 25 heavy (non-hydrogen) atoms. The topological polar surface area (TPSA) is 64.1 Å². The number of ether oxygens (including phenoxy) is 1. The molecule has 1 amide bonds. The van der Waals surface area contributed by atoms with Crippen molar-refractivity contribution < 1.29 is 27.1 Å². The molecule has 0 spiro atoms. The summed E-state index contributed by atoms with van der Waals surface area (Å²) in [5.74, 6) is -1.35. The molecule has 0 saturated carbocycles. The van der Waals surface area contributed by atoms with Gasteiger partial charge in [0.15, 0.2) is 0 Å². The van der Waals surface area contributed by atoms with E-state index in [1.54, 1.807) is 6.92 Å². The molecule has 9 heteroatoms. The number of halogens is 4. The Balaban J connectivity index is 2.09. The smallest absolute Gasteiger partial charge is 0.427 e. The van der Waals surface area contributed by atoms with Gasteiger partial charge in [-0.05, 0) is 19.1 Å². The summed E-state index contributed by atoms with van der Waals surface area (Å²) in [5, 5.41) is 2.58. The number of carbonyl (C=O) groups excluding carboxylic acids is 1. The van der Waals surface area contributed by atoms with Crippen LogP contribution in [0.4, 0.5) is 17.6 Å². The van der Waals surface area contributed by atoms with Crippen LogP contribution in [0.25, 0.3) is 0 Å². The van der Waals surface area contributed by atoms with Crippen molar-refractivity contribution in [1.82, 2.24) is 15.3 Å². The zero-order valence-corrected chi connectivity index (χ0v) is 13.1. The lowest BCUT2D eigenvalue weighted by Crippen LogP contribution is -2.36. The molecule has 134 valence electrons. The third-order valence-corrected chi connectivity index (χ3v) is 3.14. The van der Waals surface area contributed by atoms with E-state index in [0.29, 0.717) is 12.1 Å². The number of hydrogen-bond donors (Lipinski definition) is 1. The van der Waals surface area contributed by atoms with E-state index in [1.165, 1.54) is 36.8 Å². The summed E-state index contributed by atoms with van der Waals surface area (Å²) in [5.41, 5.74) is 0.359. The molecule has 2 aromatic rings. The van der Waals surface area contributed by atoms with Gasteiger partial charge >= 0.3 is 12.5 Å². The fourth-order valence-electron chi connectivity index (χ4n) is 2.04. The molecular formula is C16H15F4N3O2. The molecule has 1 unspecified atom stereocenters. The second-order valence-electron chi connectivity index (χ2n) is 5.24. The monoisotopic (exact) mass is 357 g/mol. The lowest BCUT2D eigenvalue weighted by atomic mass is 10.1. The minimum atomic E-state index is -4.69. The number of nitrogens with one attached hydrogen (secondary N) is 1. The van der Waals surface area contributed by atoms with Gasteiger partial charge in [-0.15, -0.1) is 0 Å². The van der Waals surface area contributed by atoms with E-state index in [9.17, 15) is 22.4 Å². The summed E-state index contributed by atoms with van der Waals surface area (Å²) in [4.78, 5) is 20.2. The normalized spacial score (nSPS) is 12.7. The van der Waals surface area contributed by atoms with E-state index >= 15 is 0 Å². The van der Waals surface area contributed by atoms with Crippen LogP contribution in [0.2, 0.25) is 0 Å². The first kappa shape index (κ1) is 18.6. The van der Waals surface area contributed by atoms with Gasteiger partial charge in [0.05, 0.1) is 11.3 Å². The Morgan fingerprint density at radius 3 is 2.64 bits per heavy atom. The van der Waals surface area contributed by atoms with Crippen molar-refractivity contribution in [2.24, 2.45) is 0 Å². The molecule has 0 aliphatic carbocycles. The molecule has 0 fully saturated rings. The highest BCUT2D eigenvalue weighted by Crippen LogP contribution is 2.29. The third-order valence-electron chi connectivity index (χ3n) is 3.14. The van der Waals surface area contributed by atoms with Gasteiger partial charge in [0, 0.05) is 31.1 Å². The van der Waals surface area contributed by atoms with Gasteiger partial charge < -0.3 is 10.1 Å². The number of amides is 1.